The van der Waals surface area contributed by atoms with E-state index in [2.05, 4.69) is 25.9 Å². The van der Waals surface area contributed by atoms with Gasteiger partial charge in [-0.05, 0) is 32.3 Å². The van der Waals surface area contributed by atoms with Gasteiger partial charge >= 0.3 is 5.63 Å². The Bertz CT molecular complexity index is 1140. The van der Waals surface area contributed by atoms with Gasteiger partial charge in [0.15, 0.2) is 5.76 Å². The molecule has 2 atom stereocenters. The van der Waals surface area contributed by atoms with Crippen molar-refractivity contribution in [2.24, 2.45) is 0 Å². The van der Waals surface area contributed by atoms with Gasteiger partial charge in [-0.3, -0.25) is 10.1 Å². The first-order chi connectivity index (χ1) is 15.0. The number of nitrogens with one attached hydrogen (secondary N) is 2. The topological polar surface area (TPSA) is 133 Å². The summed E-state index contributed by atoms with van der Waals surface area (Å²) in [5.74, 6) is -0.768. The largest absolute Gasteiger partial charge is 0.488 e. The third-order valence-electron chi connectivity index (χ3n) is 5.06. The number of anilines is 2. The minimum Gasteiger partial charge on any atom is -0.488 e. The first-order valence-corrected chi connectivity index (χ1v) is 10.5. The molecule has 1 amide bonds. The fraction of sp³-hybridized carbons (Fsp3) is 0.421. The molecule has 0 spiro atoms. The lowest BCUT2D eigenvalue weighted by atomic mass is 10.2. The summed E-state index contributed by atoms with van der Waals surface area (Å²) in [6.45, 7) is 1.88. The van der Waals surface area contributed by atoms with Crippen LogP contribution in [0.1, 0.15) is 35.5 Å². The Morgan fingerprint density at radius 3 is 2.84 bits per heavy atom. The van der Waals surface area contributed by atoms with Gasteiger partial charge in [0.25, 0.3) is 5.91 Å². The third-order valence-corrected chi connectivity index (χ3v) is 5.88. The summed E-state index contributed by atoms with van der Waals surface area (Å²) in [4.78, 5) is 25.1. The van der Waals surface area contributed by atoms with Crippen molar-refractivity contribution in [2.45, 2.75) is 38.3 Å². The molecule has 3 aromatic heterocycles. The van der Waals surface area contributed by atoms with Crippen LogP contribution >= 0.6 is 11.3 Å². The number of amides is 1. The van der Waals surface area contributed by atoms with Crippen molar-refractivity contribution in [1.29, 1.82) is 0 Å². The molecule has 3 aromatic rings. The van der Waals surface area contributed by atoms with Crippen molar-refractivity contribution in [3.05, 3.63) is 40.2 Å². The summed E-state index contributed by atoms with van der Waals surface area (Å²) in [7, 11) is 3.06. The lowest BCUT2D eigenvalue weighted by Gasteiger charge is -2.16. The molecule has 12 heteroatoms. The maximum atomic E-state index is 12.7. The van der Waals surface area contributed by atoms with E-state index in [0.717, 1.165) is 36.3 Å². The second kappa shape index (κ2) is 8.86. The van der Waals surface area contributed by atoms with Crippen LogP contribution < -0.4 is 21.0 Å². The molecule has 1 aliphatic rings. The number of hydrogen-bond acceptors (Lipinski definition) is 10. The molecule has 0 unspecified atom stereocenters. The Kier molecular flexibility index (Phi) is 6.00. The minimum atomic E-state index is -0.746. The van der Waals surface area contributed by atoms with Gasteiger partial charge in [-0.1, -0.05) is 11.3 Å². The molecule has 0 bridgehead atoms. The summed E-state index contributed by atoms with van der Waals surface area (Å²) >= 11 is 1.14. The number of aromatic nitrogens is 4. The Morgan fingerprint density at radius 2 is 2.16 bits per heavy atom. The number of rotatable bonds is 7. The lowest BCUT2D eigenvalue weighted by molar-refractivity contribution is 0.0991. The highest BCUT2D eigenvalue weighted by Gasteiger charge is 2.27. The van der Waals surface area contributed by atoms with Crippen LogP contribution in [0.3, 0.4) is 0 Å². The Labute approximate surface area is 181 Å². The summed E-state index contributed by atoms with van der Waals surface area (Å²) in [5.41, 5.74) is 0.536. The second-order valence-electron chi connectivity index (χ2n) is 7.09. The standard InChI is InChI=1S/C19H22N6O5S/c1-10-6-7-20-25(10)19-24-23-18(31-19)22-16(26)14-9-13(15(29-3)17(27)30-14)21-11-4-5-12(8-11)28-2/h6-7,9,11-12,21H,4-5,8H2,1-3H3,(H,22,23,26)/t11-,12-/m1/s1. The van der Waals surface area contributed by atoms with Crippen molar-refractivity contribution in [3.8, 4) is 10.9 Å². The molecule has 1 aliphatic carbocycles. The zero-order chi connectivity index (χ0) is 22.0. The average molecular weight is 446 g/mol. The van der Waals surface area contributed by atoms with Gasteiger partial charge in [0.05, 0.1) is 18.9 Å². The molecule has 0 radical (unpaired) electrons. The van der Waals surface area contributed by atoms with E-state index in [9.17, 15) is 9.59 Å². The van der Waals surface area contributed by atoms with Crippen LogP contribution in [0.25, 0.3) is 5.13 Å². The van der Waals surface area contributed by atoms with Crippen LogP contribution in [-0.4, -0.2) is 52.3 Å². The molecule has 1 saturated carbocycles. The molecule has 0 aromatic carbocycles. The molecule has 2 N–H and O–H groups in total. The number of aryl methyl sites for hydroxylation is 1. The van der Waals surface area contributed by atoms with E-state index in [1.165, 1.54) is 13.2 Å². The van der Waals surface area contributed by atoms with E-state index in [1.54, 1.807) is 18.0 Å². The molecular formula is C19H22N6O5S. The van der Waals surface area contributed by atoms with Gasteiger partial charge in [-0.15, -0.1) is 10.2 Å². The average Bonchev–Trinajstić information content (AvgIpc) is 3.49. The van der Waals surface area contributed by atoms with Crippen LogP contribution in [0.5, 0.6) is 5.75 Å². The van der Waals surface area contributed by atoms with Crippen LogP contribution in [0.4, 0.5) is 10.8 Å². The summed E-state index contributed by atoms with van der Waals surface area (Å²) in [6, 6.07) is 3.38. The number of nitrogens with zero attached hydrogens (tertiary/aromatic N) is 4. The molecule has 31 heavy (non-hydrogen) atoms. The van der Waals surface area contributed by atoms with Crippen molar-refractivity contribution in [2.75, 3.05) is 24.9 Å². The molecule has 11 nitrogen and oxygen atoms in total. The molecule has 0 aliphatic heterocycles. The van der Waals surface area contributed by atoms with E-state index < -0.39 is 11.5 Å². The highest BCUT2D eigenvalue weighted by atomic mass is 32.1. The summed E-state index contributed by atoms with van der Waals surface area (Å²) < 4.78 is 17.3. The van der Waals surface area contributed by atoms with Gasteiger partial charge in [0.2, 0.25) is 16.0 Å². The SMILES string of the molecule is COc1c(N[C@@H]2CC[C@@H](OC)C2)cc(C(=O)Nc2nnc(-n3nccc3C)s2)oc1=O. The number of hydrogen-bond donors (Lipinski definition) is 2. The van der Waals surface area contributed by atoms with Gasteiger partial charge in [-0.25, -0.2) is 9.48 Å². The fourth-order valence-corrected chi connectivity index (χ4v) is 4.24. The number of methoxy groups -OCH3 is 2. The van der Waals surface area contributed by atoms with Gasteiger partial charge in [0, 0.05) is 31.1 Å². The van der Waals surface area contributed by atoms with Crippen molar-refractivity contribution in [1.82, 2.24) is 20.0 Å². The van der Waals surface area contributed by atoms with Crippen LogP contribution in [0.15, 0.2) is 27.5 Å². The Morgan fingerprint density at radius 1 is 1.32 bits per heavy atom. The minimum absolute atomic E-state index is 0.0183. The highest BCUT2D eigenvalue weighted by Crippen LogP contribution is 2.29. The van der Waals surface area contributed by atoms with E-state index in [1.807, 2.05) is 13.0 Å². The van der Waals surface area contributed by atoms with E-state index in [0.29, 0.717) is 10.8 Å². The number of carbonyl (C=O) groups excluding carboxylic acids is 1. The maximum absolute atomic E-state index is 12.7. The zero-order valence-corrected chi connectivity index (χ0v) is 18.1. The van der Waals surface area contributed by atoms with Gasteiger partial charge in [-0.2, -0.15) is 5.10 Å². The summed E-state index contributed by atoms with van der Waals surface area (Å²) in [6.07, 6.45) is 4.40. The van der Waals surface area contributed by atoms with Crippen molar-refractivity contribution >= 4 is 28.1 Å². The normalized spacial score (nSPS) is 18.2. The Hall–Kier alpha value is -3.25. The van der Waals surface area contributed by atoms with Crippen LogP contribution in [-0.2, 0) is 4.74 Å². The maximum Gasteiger partial charge on any atom is 0.381 e. The van der Waals surface area contributed by atoms with Crippen LogP contribution in [0, 0.1) is 6.92 Å². The fourth-order valence-electron chi connectivity index (χ4n) is 3.48. The molecular weight excluding hydrogens is 424 g/mol. The monoisotopic (exact) mass is 446 g/mol. The number of ether oxygens (including phenoxy) is 2. The van der Waals surface area contributed by atoms with Gasteiger partial charge < -0.3 is 19.2 Å². The van der Waals surface area contributed by atoms with Gasteiger partial charge in [0.1, 0.15) is 0 Å². The van der Waals surface area contributed by atoms with E-state index in [4.69, 9.17) is 13.9 Å². The molecule has 3 heterocycles. The predicted octanol–water partition coefficient (Wildman–Crippen LogP) is 2.23. The smallest absolute Gasteiger partial charge is 0.381 e. The molecule has 4 rings (SSSR count). The Balaban J connectivity index is 1.53. The molecule has 1 fully saturated rings. The van der Waals surface area contributed by atoms with E-state index >= 15 is 0 Å². The molecule has 0 saturated heterocycles. The number of carbonyl (C=O) groups is 1. The van der Waals surface area contributed by atoms with Crippen molar-refractivity contribution in [3.63, 3.8) is 0 Å². The first kappa shape index (κ1) is 21.0. The van der Waals surface area contributed by atoms with E-state index in [-0.39, 0.29) is 28.8 Å². The van der Waals surface area contributed by atoms with Crippen molar-refractivity contribution < 1.29 is 18.7 Å². The quantitative estimate of drug-likeness (QED) is 0.560. The third kappa shape index (κ3) is 4.44. The highest BCUT2D eigenvalue weighted by molar-refractivity contribution is 7.17. The summed E-state index contributed by atoms with van der Waals surface area (Å²) in [5, 5.41) is 18.8. The predicted molar refractivity (Wildman–Crippen MR) is 113 cm³/mol. The molecule has 164 valence electrons. The second-order valence-corrected chi connectivity index (χ2v) is 8.04. The zero-order valence-electron chi connectivity index (χ0n) is 17.2. The van der Waals surface area contributed by atoms with Crippen LogP contribution in [0.2, 0.25) is 0 Å². The lowest BCUT2D eigenvalue weighted by Crippen LogP contribution is -2.21. The first-order valence-electron chi connectivity index (χ1n) is 9.65.